The first-order valence-electron chi connectivity index (χ1n) is 6.23. The summed E-state index contributed by atoms with van der Waals surface area (Å²) in [6.45, 7) is 0. The molecule has 3 unspecified atom stereocenters. The van der Waals surface area contributed by atoms with Gasteiger partial charge in [-0.15, -0.1) is 0 Å². The quantitative estimate of drug-likeness (QED) is 0.785. The van der Waals surface area contributed by atoms with Crippen LogP contribution >= 0.6 is 0 Å². The van der Waals surface area contributed by atoms with Gasteiger partial charge in [0.25, 0.3) is 0 Å². The smallest absolute Gasteiger partial charge is 0.169 e. The fourth-order valence-electron chi connectivity index (χ4n) is 3.08. The molecule has 16 heavy (non-hydrogen) atoms. The third-order valence-corrected chi connectivity index (χ3v) is 3.99. The predicted octanol–water partition coefficient (Wildman–Crippen LogP) is 3.03. The van der Waals surface area contributed by atoms with Crippen molar-refractivity contribution in [2.75, 3.05) is 0 Å². The summed E-state index contributed by atoms with van der Waals surface area (Å²) in [6.07, 6.45) is 5.31. The monoisotopic (exact) mass is 218 g/mol. The van der Waals surface area contributed by atoms with Crippen LogP contribution in [0.2, 0.25) is 0 Å². The molecule has 2 heteroatoms. The molecular weight excluding hydrogens is 200 g/mol. The molecule has 2 aliphatic rings. The van der Waals surface area contributed by atoms with Gasteiger partial charge in [0, 0.05) is 12.3 Å². The van der Waals surface area contributed by atoms with Crippen LogP contribution in [0.1, 0.15) is 43.8 Å². The Morgan fingerprint density at radius 3 is 2.75 bits per heavy atom. The Morgan fingerprint density at radius 2 is 2.00 bits per heavy atom. The van der Waals surface area contributed by atoms with Gasteiger partial charge >= 0.3 is 0 Å². The lowest BCUT2D eigenvalue weighted by Gasteiger charge is -2.33. The molecule has 2 nitrogen and oxygen atoms in total. The van der Waals surface area contributed by atoms with Gasteiger partial charge in [-0.2, -0.15) is 0 Å². The van der Waals surface area contributed by atoms with Gasteiger partial charge in [-0.3, -0.25) is 0 Å². The highest BCUT2D eigenvalue weighted by molar-refractivity contribution is 5.19. The Morgan fingerprint density at radius 1 is 1.19 bits per heavy atom. The van der Waals surface area contributed by atoms with Gasteiger partial charge in [0.05, 0.1) is 6.10 Å². The second-order valence-corrected chi connectivity index (χ2v) is 5.04. The first kappa shape index (κ1) is 10.3. The van der Waals surface area contributed by atoms with Crippen LogP contribution in [0.25, 0.3) is 0 Å². The van der Waals surface area contributed by atoms with Crippen LogP contribution < -0.4 is 0 Å². The van der Waals surface area contributed by atoms with Gasteiger partial charge in [-0.25, -0.2) is 0 Å². The fourth-order valence-corrected chi connectivity index (χ4v) is 3.08. The van der Waals surface area contributed by atoms with Crippen molar-refractivity contribution in [1.82, 2.24) is 0 Å². The van der Waals surface area contributed by atoms with Crippen LogP contribution in [0, 0.1) is 5.92 Å². The minimum Gasteiger partial charge on any atom is -0.365 e. The number of hydrogen-bond acceptors (Lipinski definition) is 2. The number of rotatable bonds is 1. The van der Waals surface area contributed by atoms with E-state index in [1.54, 1.807) is 0 Å². The van der Waals surface area contributed by atoms with E-state index in [4.69, 9.17) is 4.74 Å². The molecule has 1 saturated heterocycles. The molecule has 1 aliphatic heterocycles. The van der Waals surface area contributed by atoms with Crippen molar-refractivity contribution in [1.29, 1.82) is 0 Å². The van der Waals surface area contributed by atoms with E-state index in [9.17, 15) is 5.11 Å². The summed E-state index contributed by atoms with van der Waals surface area (Å²) in [5.41, 5.74) is 1.20. The van der Waals surface area contributed by atoms with Gasteiger partial charge in [0.1, 0.15) is 0 Å². The largest absolute Gasteiger partial charge is 0.365 e. The van der Waals surface area contributed by atoms with Crippen molar-refractivity contribution < 1.29 is 9.84 Å². The molecule has 1 aromatic carbocycles. The van der Waals surface area contributed by atoms with Gasteiger partial charge in [-0.1, -0.05) is 36.8 Å². The summed E-state index contributed by atoms with van der Waals surface area (Å²) in [5.74, 6) is -0.495. The van der Waals surface area contributed by atoms with Crippen LogP contribution in [0.4, 0.5) is 0 Å². The van der Waals surface area contributed by atoms with E-state index in [2.05, 4.69) is 12.1 Å². The number of aliphatic hydroxyl groups is 1. The maximum absolute atomic E-state index is 10.4. The molecular formula is C14H18O2. The van der Waals surface area contributed by atoms with Crippen molar-refractivity contribution in [3.63, 3.8) is 0 Å². The number of fused-ring (bicyclic) bond motifs is 1. The minimum atomic E-state index is -0.835. The van der Waals surface area contributed by atoms with E-state index in [-0.39, 0.29) is 6.10 Å². The zero-order valence-electron chi connectivity index (χ0n) is 9.43. The molecule has 0 aromatic heterocycles. The number of benzene rings is 1. The Balaban J connectivity index is 1.82. The molecule has 1 aliphatic carbocycles. The molecule has 1 N–H and O–H groups in total. The third kappa shape index (κ3) is 1.66. The third-order valence-electron chi connectivity index (χ3n) is 3.99. The van der Waals surface area contributed by atoms with Crippen molar-refractivity contribution in [3.05, 3.63) is 35.9 Å². The number of ether oxygens (including phenoxy) is 1. The molecule has 0 bridgehead atoms. The Bertz CT molecular complexity index is 362. The van der Waals surface area contributed by atoms with E-state index in [1.807, 2.05) is 18.2 Å². The minimum absolute atomic E-state index is 0.0919. The van der Waals surface area contributed by atoms with Crippen molar-refractivity contribution in [3.8, 4) is 0 Å². The van der Waals surface area contributed by atoms with E-state index in [0.717, 1.165) is 25.7 Å². The van der Waals surface area contributed by atoms with Gasteiger partial charge in [0.15, 0.2) is 5.79 Å². The molecule has 3 rings (SSSR count). The van der Waals surface area contributed by atoms with Crippen LogP contribution in [0.3, 0.4) is 0 Å². The maximum Gasteiger partial charge on any atom is 0.169 e. The molecule has 1 heterocycles. The summed E-state index contributed by atoms with van der Waals surface area (Å²) in [7, 11) is 0. The van der Waals surface area contributed by atoms with Crippen LogP contribution in [0.5, 0.6) is 0 Å². The average molecular weight is 218 g/mol. The van der Waals surface area contributed by atoms with E-state index < -0.39 is 5.79 Å². The Kier molecular flexibility index (Phi) is 2.49. The lowest BCUT2D eigenvalue weighted by atomic mass is 9.82. The highest BCUT2D eigenvalue weighted by Crippen LogP contribution is 2.49. The highest BCUT2D eigenvalue weighted by atomic mass is 16.6. The van der Waals surface area contributed by atoms with Crippen molar-refractivity contribution in [2.45, 2.75) is 44.0 Å². The van der Waals surface area contributed by atoms with Crippen molar-refractivity contribution >= 4 is 0 Å². The van der Waals surface area contributed by atoms with Crippen molar-refractivity contribution in [2.24, 2.45) is 5.92 Å². The van der Waals surface area contributed by atoms with Gasteiger partial charge in [0.2, 0.25) is 0 Å². The SMILES string of the molecule is OC12CCCCC1CC(c1ccccc1)O2. The second-order valence-electron chi connectivity index (χ2n) is 5.04. The summed E-state index contributed by atoms with van der Waals surface area (Å²) in [6, 6.07) is 10.3. The summed E-state index contributed by atoms with van der Waals surface area (Å²) in [5, 5.41) is 10.4. The standard InChI is InChI=1S/C14H18O2/c15-14-9-5-4-8-12(14)10-13(16-14)11-6-2-1-3-7-11/h1-3,6-7,12-13,15H,4-5,8-10H2. The molecule has 3 atom stereocenters. The highest BCUT2D eigenvalue weighted by Gasteiger charge is 2.48. The van der Waals surface area contributed by atoms with E-state index in [1.165, 1.54) is 12.0 Å². The molecule has 0 amide bonds. The Hall–Kier alpha value is -0.860. The lowest BCUT2D eigenvalue weighted by molar-refractivity contribution is -0.226. The van der Waals surface area contributed by atoms with E-state index >= 15 is 0 Å². The molecule has 1 aromatic rings. The van der Waals surface area contributed by atoms with Crippen LogP contribution in [-0.2, 0) is 4.74 Å². The molecule has 0 spiro atoms. The first-order chi connectivity index (χ1) is 7.78. The topological polar surface area (TPSA) is 29.5 Å². The molecule has 0 radical (unpaired) electrons. The average Bonchev–Trinajstić information content (AvgIpc) is 2.67. The summed E-state index contributed by atoms with van der Waals surface area (Å²) >= 11 is 0. The molecule has 2 fully saturated rings. The first-order valence-corrected chi connectivity index (χ1v) is 6.23. The van der Waals surface area contributed by atoms with Gasteiger partial charge in [-0.05, 0) is 24.8 Å². The normalized spacial score (nSPS) is 38.3. The van der Waals surface area contributed by atoms with Crippen LogP contribution in [-0.4, -0.2) is 10.9 Å². The van der Waals surface area contributed by atoms with Gasteiger partial charge < -0.3 is 9.84 Å². The van der Waals surface area contributed by atoms with E-state index in [0.29, 0.717) is 5.92 Å². The maximum atomic E-state index is 10.4. The summed E-state index contributed by atoms with van der Waals surface area (Å²) < 4.78 is 5.89. The number of hydrogen-bond donors (Lipinski definition) is 1. The summed E-state index contributed by atoms with van der Waals surface area (Å²) in [4.78, 5) is 0. The lowest BCUT2D eigenvalue weighted by Crippen LogP contribution is -2.37. The predicted molar refractivity (Wildman–Crippen MR) is 61.8 cm³/mol. The van der Waals surface area contributed by atoms with Crippen LogP contribution in [0.15, 0.2) is 30.3 Å². The zero-order chi connectivity index (χ0) is 11.0. The second kappa shape index (κ2) is 3.86. The fraction of sp³-hybridized carbons (Fsp3) is 0.571. The Labute approximate surface area is 96.2 Å². The molecule has 86 valence electrons. The molecule has 1 saturated carbocycles. The zero-order valence-corrected chi connectivity index (χ0v) is 9.43.